The van der Waals surface area contributed by atoms with Gasteiger partial charge in [0, 0.05) is 6.54 Å². The van der Waals surface area contributed by atoms with Crippen LogP contribution in [-0.2, 0) is 4.74 Å². The van der Waals surface area contributed by atoms with Crippen LogP contribution in [0.5, 0.6) is 0 Å². The Bertz CT molecular complexity index is 245. The summed E-state index contributed by atoms with van der Waals surface area (Å²) in [5.41, 5.74) is -0.474. The van der Waals surface area contributed by atoms with Crippen LogP contribution in [0.1, 0.15) is 47.0 Å². The van der Waals surface area contributed by atoms with Crippen molar-refractivity contribution >= 4 is 6.09 Å². The molecule has 94 valence electrons. The van der Waals surface area contributed by atoms with Gasteiger partial charge in [0.05, 0.1) is 12.1 Å². The van der Waals surface area contributed by atoms with E-state index in [1.807, 2.05) is 20.8 Å². The molecule has 1 aliphatic rings. The Morgan fingerprint density at radius 3 is 2.56 bits per heavy atom. The van der Waals surface area contributed by atoms with E-state index >= 15 is 0 Å². The van der Waals surface area contributed by atoms with Crippen molar-refractivity contribution in [1.82, 2.24) is 4.90 Å². The number of piperidine rings is 1. The molecule has 1 unspecified atom stereocenters. The Hall–Kier alpha value is -0.770. The van der Waals surface area contributed by atoms with Gasteiger partial charge in [0.2, 0.25) is 0 Å². The summed E-state index contributed by atoms with van der Waals surface area (Å²) in [5.74, 6) is 0. The molecule has 1 heterocycles. The van der Waals surface area contributed by atoms with Gasteiger partial charge < -0.3 is 14.7 Å². The molecular weight excluding hydrogens is 206 g/mol. The van der Waals surface area contributed by atoms with E-state index in [1.165, 1.54) is 0 Å². The first kappa shape index (κ1) is 13.3. The molecule has 0 radical (unpaired) electrons. The number of hydrogen-bond acceptors (Lipinski definition) is 3. The smallest absolute Gasteiger partial charge is 0.410 e. The molecular formula is C12H23NO3. The lowest BCUT2D eigenvalue weighted by Crippen LogP contribution is -2.50. The highest BCUT2D eigenvalue weighted by Crippen LogP contribution is 2.22. The minimum absolute atomic E-state index is 0.0939. The third kappa shape index (κ3) is 3.67. The summed E-state index contributed by atoms with van der Waals surface area (Å²) in [6, 6.07) is -0.0939. The average Bonchev–Trinajstić information content (AvgIpc) is 2.15. The maximum atomic E-state index is 11.9. The molecule has 0 aromatic carbocycles. The van der Waals surface area contributed by atoms with Gasteiger partial charge in [-0.3, -0.25) is 0 Å². The van der Waals surface area contributed by atoms with Gasteiger partial charge in [0.15, 0.2) is 0 Å². The highest BCUT2D eigenvalue weighted by Gasteiger charge is 2.32. The lowest BCUT2D eigenvalue weighted by Gasteiger charge is -2.38. The fraction of sp³-hybridized carbons (Fsp3) is 0.917. The number of amides is 1. The molecule has 1 rings (SSSR count). The van der Waals surface area contributed by atoms with Crippen LogP contribution >= 0.6 is 0 Å². The van der Waals surface area contributed by atoms with Gasteiger partial charge in [-0.15, -0.1) is 0 Å². The van der Waals surface area contributed by atoms with Gasteiger partial charge >= 0.3 is 6.09 Å². The first-order chi connectivity index (χ1) is 7.31. The van der Waals surface area contributed by atoms with Crippen LogP contribution in [0, 0.1) is 0 Å². The molecule has 1 saturated heterocycles. The lowest BCUT2D eigenvalue weighted by atomic mass is 9.99. The zero-order valence-electron chi connectivity index (χ0n) is 10.7. The molecule has 1 aliphatic heterocycles. The molecule has 0 aromatic heterocycles. The molecule has 4 nitrogen and oxygen atoms in total. The predicted molar refractivity (Wildman–Crippen MR) is 62.3 cm³/mol. The van der Waals surface area contributed by atoms with Crippen LogP contribution in [0.15, 0.2) is 0 Å². The average molecular weight is 229 g/mol. The molecule has 1 N–H and O–H groups in total. The zero-order chi connectivity index (χ0) is 12.3. The van der Waals surface area contributed by atoms with Crippen molar-refractivity contribution in [2.45, 2.75) is 64.7 Å². The number of carbonyl (C=O) groups excluding carboxylic acids is 1. The van der Waals surface area contributed by atoms with E-state index in [1.54, 1.807) is 11.8 Å². The van der Waals surface area contributed by atoms with E-state index in [0.717, 1.165) is 19.3 Å². The van der Waals surface area contributed by atoms with Crippen molar-refractivity contribution in [1.29, 1.82) is 0 Å². The number of hydrogen-bond donors (Lipinski definition) is 1. The standard InChI is InChI=1S/C12H23NO3/c1-9(14)10-7-5-6-8-13(10)11(15)16-12(2,3)4/h9-10,14H,5-8H2,1-4H3/t9-,10?/m1/s1. The van der Waals surface area contributed by atoms with E-state index in [-0.39, 0.29) is 12.1 Å². The fourth-order valence-corrected chi connectivity index (χ4v) is 2.01. The van der Waals surface area contributed by atoms with Crippen LogP contribution in [0.2, 0.25) is 0 Å². The lowest BCUT2D eigenvalue weighted by molar-refractivity contribution is -0.0125. The van der Waals surface area contributed by atoms with Crippen LogP contribution in [0.3, 0.4) is 0 Å². The number of aliphatic hydroxyl groups is 1. The first-order valence-electron chi connectivity index (χ1n) is 5.99. The Morgan fingerprint density at radius 1 is 1.44 bits per heavy atom. The number of nitrogens with zero attached hydrogens (tertiary/aromatic N) is 1. The molecule has 0 spiro atoms. The molecule has 0 bridgehead atoms. The van der Waals surface area contributed by atoms with Crippen molar-refractivity contribution in [2.24, 2.45) is 0 Å². The summed E-state index contributed by atoms with van der Waals surface area (Å²) in [4.78, 5) is 13.6. The van der Waals surface area contributed by atoms with Crippen LogP contribution in [0.25, 0.3) is 0 Å². The molecule has 1 amide bonds. The largest absolute Gasteiger partial charge is 0.444 e. The third-order valence-electron chi connectivity index (χ3n) is 2.73. The summed E-state index contributed by atoms with van der Waals surface area (Å²) in [6.45, 7) is 7.97. The number of rotatable bonds is 1. The maximum absolute atomic E-state index is 11.9. The summed E-state index contributed by atoms with van der Waals surface area (Å²) in [6.07, 6.45) is 2.11. The van der Waals surface area contributed by atoms with Gasteiger partial charge in [0.1, 0.15) is 5.60 Å². The summed E-state index contributed by atoms with van der Waals surface area (Å²) >= 11 is 0. The predicted octanol–water partition coefficient (Wildman–Crippen LogP) is 2.16. The van der Waals surface area contributed by atoms with Crippen molar-refractivity contribution in [3.63, 3.8) is 0 Å². The van der Waals surface area contributed by atoms with Gasteiger partial charge in [-0.2, -0.15) is 0 Å². The van der Waals surface area contributed by atoms with Crippen LogP contribution in [0.4, 0.5) is 4.79 Å². The van der Waals surface area contributed by atoms with E-state index in [9.17, 15) is 9.90 Å². The number of ether oxygens (including phenoxy) is 1. The fourth-order valence-electron chi connectivity index (χ4n) is 2.01. The molecule has 0 saturated carbocycles. The van der Waals surface area contributed by atoms with Crippen molar-refractivity contribution in [2.75, 3.05) is 6.54 Å². The third-order valence-corrected chi connectivity index (χ3v) is 2.73. The molecule has 4 heteroatoms. The van der Waals surface area contributed by atoms with Gasteiger partial charge in [0.25, 0.3) is 0 Å². The Kier molecular flexibility index (Phi) is 4.19. The summed E-state index contributed by atoms with van der Waals surface area (Å²) < 4.78 is 5.33. The normalized spacial score (nSPS) is 24.1. The number of likely N-dealkylation sites (tertiary alicyclic amines) is 1. The summed E-state index contributed by atoms with van der Waals surface area (Å²) in [5, 5.41) is 9.65. The number of aliphatic hydroxyl groups excluding tert-OH is 1. The quantitative estimate of drug-likeness (QED) is 0.749. The minimum atomic E-state index is -0.493. The maximum Gasteiger partial charge on any atom is 0.410 e. The molecule has 1 fully saturated rings. The van der Waals surface area contributed by atoms with Gasteiger partial charge in [-0.1, -0.05) is 0 Å². The molecule has 0 aliphatic carbocycles. The van der Waals surface area contributed by atoms with Crippen LogP contribution in [-0.4, -0.2) is 40.4 Å². The molecule has 0 aromatic rings. The topological polar surface area (TPSA) is 49.8 Å². The first-order valence-corrected chi connectivity index (χ1v) is 5.99. The zero-order valence-corrected chi connectivity index (χ0v) is 10.7. The Balaban J connectivity index is 2.64. The van der Waals surface area contributed by atoms with Crippen LogP contribution < -0.4 is 0 Å². The summed E-state index contributed by atoms with van der Waals surface area (Å²) in [7, 11) is 0. The van der Waals surface area contributed by atoms with Gasteiger partial charge in [-0.25, -0.2) is 4.79 Å². The number of carbonyl (C=O) groups is 1. The molecule has 2 atom stereocenters. The second-order valence-electron chi connectivity index (χ2n) is 5.48. The van der Waals surface area contributed by atoms with E-state index in [4.69, 9.17) is 4.74 Å². The van der Waals surface area contributed by atoms with E-state index < -0.39 is 11.7 Å². The SMILES string of the molecule is C[C@@H](O)C1CCCCN1C(=O)OC(C)(C)C. The Morgan fingerprint density at radius 2 is 2.06 bits per heavy atom. The van der Waals surface area contributed by atoms with Crippen molar-refractivity contribution in [3.8, 4) is 0 Å². The van der Waals surface area contributed by atoms with E-state index in [2.05, 4.69) is 0 Å². The van der Waals surface area contributed by atoms with Crippen molar-refractivity contribution < 1.29 is 14.6 Å². The highest BCUT2D eigenvalue weighted by molar-refractivity contribution is 5.68. The Labute approximate surface area is 97.6 Å². The van der Waals surface area contributed by atoms with Gasteiger partial charge in [-0.05, 0) is 47.0 Å². The van der Waals surface area contributed by atoms with E-state index in [0.29, 0.717) is 6.54 Å². The highest BCUT2D eigenvalue weighted by atomic mass is 16.6. The monoisotopic (exact) mass is 229 g/mol. The van der Waals surface area contributed by atoms with Crippen molar-refractivity contribution in [3.05, 3.63) is 0 Å². The molecule has 16 heavy (non-hydrogen) atoms. The second-order valence-corrected chi connectivity index (χ2v) is 5.48. The second kappa shape index (κ2) is 5.04. The minimum Gasteiger partial charge on any atom is -0.444 e.